The molecule has 0 radical (unpaired) electrons. The largest absolute Gasteiger partial charge is 0.348 e. The smallest absolute Gasteiger partial charge is 0.237 e. The van der Waals surface area contributed by atoms with E-state index in [9.17, 15) is 4.79 Å². The van der Waals surface area contributed by atoms with Crippen LogP contribution in [0.25, 0.3) is 0 Å². The van der Waals surface area contributed by atoms with Crippen molar-refractivity contribution in [3.63, 3.8) is 0 Å². The van der Waals surface area contributed by atoms with Crippen LogP contribution in [0.4, 0.5) is 0 Å². The normalized spacial score (nSPS) is 14.1. The highest BCUT2D eigenvalue weighted by atomic mass is 79.9. The van der Waals surface area contributed by atoms with Gasteiger partial charge in [-0.05, 0) is 25.0 Å². The van der Waals surface area contributed by atoms with Crippen LogP contribution in [0.2, 0.25) is 0 Å². The third-order valence-electron chi connectivity index (χ3n) is 2.67. The quantitative estimate of drug-likeness (QED) is 0.878. The van der Waals surface area contributed by atoms with Gasteiger partial charge in [-0.3, -0.25) is 4.79 Å². The number of amides is 1. The van der Waals surface area contributed by atoms with Crippen LogP contribution >= 0.6 is 15.9 Å². The summed E-state index contributed by atoms with van der Waals surface area (Å²) in [4.78, 5) is 11.8. The SMILES string of the molecule is CCC[C@@H](N)C(=O)N[C@H](C)c1ccccc1Br. The van der Waals surface area contributed by atoms with E-state index in [1.54, 1.807) is 0 Å². The van der Waals surface area contributed by atoms with E-state index in [-0.39, 0.29) is 11.9 Å². The predicted molar refractivity (Wildman–Crippen MR) is 73.6 cm³/mol. The Morgan fingerprint density at radius 1 is 1.47 bits per heavy atom. The molecule has 0 aromatic heterocycles. The minimum atomic E-state index is -0.412. The Morgan fingerprint density at radius 3 is 2.71 bits per heavy atom. The van der Waals surface area contributed by atoms with E-state index >= 15 is 0 Å². The summed E-state index contributed by atoms with van der Waals surface area (Å²) >= 11 is 3.47. The standard InChI is InChI=1S/C13H19BrN2O/c1-3-6-12(15)13(17)16-9(2)10-7-4-5-8-11(10)14/h4-5,7-9,12H,3,6,15H2,1-2H3,(H,16,17)/t9-,12-/m1/s1. The maximum Gasteiger partial charge on any atom is 0.237 e. The molecule has 17 heavy (non-hydrogen) atoms. The highest BCUT2D eigenvalue weighted by Gasteiger charge is 2.16. The summed E-state index contributed by atoms with van der Waals surface area (Å²) in [6.45, 7) is 3.97. The number of nitrogens with two attached hydrogens (primary N) is 1. The van der Waals surface area contributed by atoms with Gasteiger partial charge in [0.15, 0.2) is 0 Å². The number of hydrogen-bond acceptors (Lipinski definition) is 2. The summed E-state index contributed by atoms with van der Waals surface area (Å²) in [5.74, 6) is -0.0879. The van der Waals surface area contributed by atoms with E-state index in [1.807, 2.05) is 38.1 Å². The second-order valence-electron chi connectivity index (χ2n) is 4.15. The molecule has 2 atom stereocenters. The van der Waals surface area contributed by atoms with Crippen molar-refractivity contribution in [1.82, 2.24) is 5.32 Å². The average Bonchev–Trinajstić information content (AvgIpc) is 2.29. The third kappa shape index (κ3) is 4.13. The average molecular weight is 299 g/mol. The van der Waals surface area contributed by atoms with E-state index in [0.29, 0.717) is 6.42 Å². The number of carbonyl (C=O) groups excluding carboxylic acids is 1. The van der Waals surface area contributed by atoms with Crippen LogP contribution in [0.1, 0.15) is 38.3 Å². The van der Waals surface area contributed by atoms with Crippen LogP contribution in [0.5, 0.6) is 0 Å². The first-order chi connectivity index (χ1) is 8.06. The fourth-order valence-electron chi connectivity index (χ4n) is 1.67. The van der Waals surface area contributed by atoms with Crippen LogP contribution in [-0.2, 0) is 4.79 Å². The van der Waals surface area contributed by atoms with Gasteiger partial charge in [-0.25, -0.2) is 0 Å². The molecule has 0 saturated carbocycles. The molecule has 1 aromatic rings. The van der Waals surface area contributed by atoms with Crippen LogP contribution in [-0.4, -0.2) is 11.9 Å². The molecule has 0 aliphatic rings. The second kappa shape index (κ2) is 6.77. The molecule has 0 fully saturated rings. The van der Waals surface area contributed by atoms with Gasteiger partial charge >= 0.3 is 0 Å². The maximum absolute atomic E-state index is 11.8. The van der Waals surface area contributed by atoms with Crippen molar-refractivity contribution in [2.75, 3.05) is 0 Å². The Labute approximate surface area is 111 Å². The van der Waals surface area contributed by atoms with Gasteiger partial charge in [-0.15, -0.1) is 0 Å². The highest BCUT2D eigenvalue weighted by Crippen LogP contribution is 2.22. The Bertz CT molecular complexity index is 381. The Hall–Kier alpha value is -0.870. The number of hydrogen-bond donors (Lipinski definition) is 2. The van der Waals surface area contributed by atoms with Gasteiger partial charge < -0.3 is 11.1 Å². The molecule has 1 rings (SSSR count). The summed E-state index contributed by atoms with van der Waals surface area (Å²) in [6.07, 6.45) is 1.63. The molecule has 1 amide bonds. The highest BCUT2D eigenvalue weighted by molar-refractivity contribution is 9.10. The maximum atomic E-state index is 11.8. The van der Waals surface area contributed by atoms with Gasteiger partial charge in [-0.2, -0.15) is 0 Å². The van der Waals surface area contributed by atoms with Gasteiger partial charge in [0.2, 0.25) is 5.91 Å². The molecule has 0 aliphatic carbocycles. The zero-order valence-corrected chi connectivity index (χ0v) is 11.8. The molecule has 3 N–H and O–H groups in total. The first-order valence-electron chi connectivity index (χ1n) is 5.86. The van der Waals surface area contributed by atoms with Crippen molar-refractivity contribution in [1.29, 1.82) is 0 Å². The third-order valence-corrected chi connectivity index (χ3v) is 3.39. The van der Waals surface area contributed by atoms with E-state index in [4.69, 9.17) is 5.73 Å². The first-order valence-corrected chi connectivity index (χ1v) is 6.66. The summed E-state index contributed by atoms with van der Waals surface area (Å²) in [6, 6.07) is 7.40. The van der Waals surface area contributed by atoms with Crippen molar-refractivity contribution < 1.29 is 4.79 Å². The lowest BCUT2D eigenvalue weighted by atomic mass is 10.1. The number of nitrogens with one attached hydrogen (secondary N) is 1. The fraction of sp³-hybridized carbons (Fsp3) is 0.462. The minimum Gasteiger partial charge on any atom is -0.348 e. The summed E-state index contributed by atoms with van der Waals surface area (Å²) in [5.41, 5.74) is 6.83. The van der Waals surface area contributed by atoms with Crippen molar-refractivity contribution in [3.05, 3.63) is 34.3 Å². The van der Waals surface area contributed by atoms with Crippen LogP contribution in [0, 0.1) is 0 Å². The Morgan fingerprint density at radius 2 is 2.12 bits per heavy atom. The van der Waals surface area contributed by atoms with Crippen molar-refractivity contribution in [2.24, 2.45) is 5.73 Å². The van der Waals surface area contributed by atoms with Crippen LogP contribution < -0.4 is 11.1 Å². The van der Waals surface area contributed by atoms with Crippen molar-refractivity contribution in [3.8, 4) is 0 Å². The van der Waals surface area contributed by atoms with Crippen molar-refractivity contribution >= 4 is 21.8 Å². The van der Waals surface area contributed by atoms with E-state index in [0.717, 1.165) is 16.5 Å². The molecule has 0 aliphatic heterocycles. The number of carbonyl (C=O) groups is 1. The summed E-state index contributed by atoms with van der Waals surface area (Å²) in [5, 5.41) is 2.93. The van der Waals surface area contributed by atoms with E-state index in [1.165, 1.54) is 0 Å². The number of rotatable bonds is 5. The monoisotopic (exact) mass is 298 g/mol. The molecular weight excluding hydrogens is 280 g/mol. The molecule has 1 aromatic carbocycles. The topological polar surface area (TPSA) is 55.1 Å². The molecule has 0 saturated heterocycles. The molecular formula is C13H19BrN2O. The number of halogens is 1. The molecule has 0 spiro atoms. The van der Waals surface area contributed by atoms with Gasteiger partial charge in [0, 0.05) is 4.47 Å². The number of benzene rings is 1. The zero-order valence-electron chi connectivity index (χ0n) is 10.2. The second-order valence-corrected chi connectivity index (χ2v) is 5.00. The molecule has 3 nitrogen and oxygen atoms in total. The minimum absolute atomic E-state index is 0.0408. The van der Waals surface area contributed by atoms with Gasteiger partial charge in [0.05, 0.1) is 12.1 Å². The lowest BCUT2D eigenvalue weighted by molar-refractivity contribution is -0.123. The van der Waals surface area contributed by atoms with Crippen LogP contribution in [0.15, 0.2) is 28.7 Å². The fourth-order valence-corrected chi connectivity index (χ4v) is 2.29. The molecule has 94 valence electrons. The Kier molecular flexibility index (Phi) is 5.65. The molecule has 4 heteroatoms. The Balaban J connectivity index is 2.63. The lowest BCUT2D eigenvalue weighted by Crippen LogP contribution is -2.41. The first kappa shape index (κ1) is 14.2. The zero-order chi connectivity index (χ0) is 12.8. The molecule has 0 unspecified atom stereocenters. The van der Waals surface area contributed by atoms with Crippen LogP contribution in [0.3, 0.4) is 0 Å². The van der Waals surface area contributed by atoms with Gasteiger partial charge in [0.1, 0.15) is 0 Å². The van der Waals surface area contributed by atoms with Crippen molar-refractivity contribution in [2.45, 2.75) is 38.8 Å². The predicted octanol–water partition coefficient (Wildman–Crippen LogP) is 2.75. The lowest BCUT2D eigenvalue weighted by Gasteiger charge is -2.18. The summed E-state index contributed by atoms with van der Waals surface area (Å²) in [7, 11) is 0. The van der Waals surface area contributed by atoms with Gasteiger partial charge in [0.25, 0.3) is 0 Å². The van der Waals surface area contributed by atoms with E-state index < -0.39 is 6.04 Å². The molecule has 0 heterocycles. The van der Waals surface area contributed by atoms with E-state index in [2.05, 4.69) is 21.2 Å². The summed E-state index contributed by atoms with van der Waals surface area (Å²) < 4.78 is 0.997. The van der Waals surface area contributed by atoms with Gasteiger partial charge in [-0.1, -0.05) is 47.5 Å². The molecule has 0 bridgehead atoms.